The third-order valence-electron chi connectivity index (χ3n) is 4.98. The van der Waals surface area contributed by atoms with Crippen LogP contribution in [0.3, 0.4) is 0 Å². The van der Waals surface area contributed by atoms with Gasteiger partial charge >= 0.3 is 0 Å². The minimum absolute atomic E-state index is 0.00293. The Labute approximate surface area is 175 Å². The van der Waals surface area contributed by atoms with Crippen LogP contribution >= 0.6 is 12.2 Å². The molecule has 1 aromatic heterocycles. The molecule has 1 atom stereocenters. The molecule has 0 saturated heterocycles. The summed E-state index contributed by atoms with van der Waals surface area (Å²) in [5.41, 5.74) is 2.16. The van der Waals surface area contributed by atoms with Crippen LogP contribution in [0, 0.1) is 4.77 Å². The number of hydrogen-bond donors (Lipinski definition) is 2. The number of rotatable bonds is 9. The highest BCUT2D eigenvalue weighted by Gasteiger charge is 2.13. The number of benzene rings is 2. The molecule has 0 bridgehead atoms. The topological polar surface area (TPSA) is 71.9 Å². The van der Waals surface area contributed by atoms with Crippen molar-refractivity contribution in [2.45, 2.75) is 32.2 Å². The van der Waals surface area contributed by atoms with E-state index in [0.29, 0.717) is 36.0 Å². The number of ether oxygens (including phenoxy) is 1. The van der Waals surface area contributed by atoms with Crippen LogP contribution in [-0.4, -0.2) is 34.3 Å². The number of nitrogens with zero attached hydrogens (tertiary/aromatic N) is 2. The first kappa shape index (κ1) is 20.8. The quantitative estimate of drug-likeness (QED) is 0.516. The molecule has 1 amide bonds. The summed E-state index contributed by atoms with van der Waals surface area (Å²) in [6, 6.07) is 17.9. The van der Waals surface area contributed by atoms with Crippen molar-refractivity contribution in [3.05, 3.63) is 64.9 Å². The number of carbonyl (C=O) groups is 1. The normalized spacial score (nSPS) is 11.8. The van der Waals surface area contributed by atoms with Crippen LogP contribution in [0.25, 0.3) is 11.4 Å². The van der Waals surface area contributed by atoms with E-state index in [0.717, 1.165) is 17.7 Å². The molecular formula is C22H26N4O2S. The Morgan fingerprint density at radius 3 is 2.59 bits per heavy atom. The number of carbonyl (C=O) groups excluding carboxylic acids is 1. The fourth-order valence-electron chi connectivity index (χ4n) is 3.25. The average Bonchev–Trinajstić information content (AvgIpc) is 3.13. The van der Waals surface area contributed by atoms with E-state index in [1.165, 1.54) is 5.56 Å². The predicted octanol–water partition coefficient (Wildman–Crippen LogP) is 4.32. The first-order valence-corrected chi connectivity index (χ1v) is 10.1. The summed E-state index contributed by atoms with van der Waals surface area (Å²) < 4.78 is 7.55. The Balaban J connectivity index is 1.60. The Morgan fingerprint density at radius 2 is 1.93 bits per heavy atom. The Kier molecular flexibility index (Phi) is 7.19. The van der Waals surface area contributed by atoms with Gasteiger partial charge in [-0.15, -0.1) is 0 Å². The molecule has 0 radical (unpaired) electrons. The van der Waals surface area contributed by atoms with Crippen molar-refractivity contribution in [3.63, 3.8) is 0 Å². The van der Waals surface area contributed by atoms with Crippen molar-refractivity contribution in [1.29, 1.82) is 0 Å². The zero-order valence-electron chi connectivity index (χ0n) is 16.7. The molecule has 0 saturated carbocycles. The van der Waals surface area contributed by atoms with Gasteiger partial charge in [-0.2, -0.15) is 5.10 Å². The summed E-state index contributed by atoms with van der Waals surface area (Å²) in [6.07, 6.45) is 1.31. The number of aromatic nitrogens is 3. The van der Waals surface area contributed by atoms with Crippen LogP contribution in [0.15, 0.2) is 54.6 Å². The van der Waals surface area contributed by atoms with Gasteiger partial charge in [-0.1, -0.05) is 37.3 Å². The molecule has 3 rings (SSSR count). The molecule has 7 heteroatoms. The van der Waals surface area contributed by atoms with E-state index in [4.69, 9.17) is 17.0 Å². The summed E-state index contributed by atoms with van der Waals surface area (Å²) >= 11 is 5.35. The second-order valence-corrected chi connectivity index (χ2v) is 7.19. The minimum atomic E-state index is 0.00293. The zero-order chi connectivity index (χ0) is 20.6. The van der Waals surface area contributed by atoms with E-state index in [2.05, 4.69) is 34.6 Å². The average molecular weight is 411 g/mol. The van der Waals surface area contributed by atoms with Crippen molar-refractivity contribution in [2.24, 2.45) is 0 Å². The SMILES string of the molecule is CC[C@H](CNC(=O)CCn1c(-c2ccc(OC)cc2)n[nH]c1=S)c1ccccc1. The maximum absolute atomic E-state index is 12.4. The Hall–Kier alpha value is -2.93. The van der Waals surface area contributed by atoms with E-state index in [1.807, 2.05) is 47.0 Å². The van der Waals surface area contributed by atoms with E-state index < -0.39 is 0 Å². The predicted molar refractivity (Wildman–Crippen MR) is 117 cm³/mol. The van der Waals surface area contributed by atoms with Gasteiger partial charge in [0.2, 0.25) is 5.91 Å². The second kappa shape index (κ2) is 10.0. The standard InChI is InChI=1S/C22H26N4O2S/c1-3-16(17-7-5-4-6-8-17)15-23-20(27)13-14-26-21(24-25-22(26)29)18-9-11-19(28-2)12-10-18/h4-12,16H,3,13-15H2,1-2H3,(H,23,27)(H,25,29)/t16-/m1/s1. The first-order chi connectivity index (χ1) is 14.1. The molecule has 6 nitrogen and oxygen atoms in total. The van der Waals surface area contributed by atoms with Gasteiger partial charge < -0.3 is 10.1 Å². The van der Waals surface area contributed by atoms with E-state index in [-0.39, 0.29) is 5.91 Å². The first-order valence-electron chi connectivity index (χ1n) is 9.73. The zero-order valence-corrected chi connectivity index (χ0v) is 17.5. The third kappa shape index (κ3) is 5.32. The molecular weight excluding hydrogens is 384 g/mol. The van der Waals surface area contributed by atoms with Gasteiger partial charge in [-0.25, -0.2) is 0 Å². The second-order valence-electron chi connectivity index (χ2n) is 6.80. The smallest absolute Gasteiger partial charge is 0.221 e. The van der Waals surface area contributed by atoms with Crippen molar-refractivity contribution < 1.29 is 9.53 Å². The van der Waals surface area contributed by atoms with Gasteiger partial charge in [-0.3, -0.25) is 14.5 Å². The lowest BCUT2D eigenvalue weighted by Gasteiger charge is -2.16. The molecule has 2 aromatic carbocycles. The summed E-state index contributed by atoms with van der Waals surface area (Å²) in [6.45, 7) is 3.22. The van der Waals surface area contributed by atoms with E-state index >= 15 is 0 Å². The van der Waals surface area contributed by atoms with Crippen molar-refractivity contribution in [1.82, 2.24) is 20.1 Å². The maximum atomic E-state index is 12.4. The summed E-state index contributed by atoms with van der Waals surface area (Å²) in [7, 11) is 1.63. The number of aromatic amines is 1. The lowest BCUT2D eigenvalue weighted by molar-refractivity contribution is -0.121. The molecule has 3 aromatic rings. The van der Waals surface area contributed by atoms with Gasteiger partial charge in [0.05, 0.1) is 7.11 Å². The van der Waals surface area contributed by atoms with Crippen LogP contribution in [0.2, 0.25) is 0 Å². The van der Waals surface area contributed by atoms with Crippen molar-refractivity contribution in [2.75, 3.05) is 13.7 Å². The highest BCUT2D eigenvalue weighted by Crippen LogP contribution is 2.21. The van der Waals surface area contributed by atoms with Crippen molar-refractivity contribution >= 4 is 18.1 Å². The fourth-order valence-corrected chi connectivity index (χ4v) is 3.47. The van der Waals surface area contributed by atoms with Gasteiger partial charge in [0, 0.05) is 31.0 Å². The van der Waals surface area contributed by atoms with Gasteiger partial charge in [0.25, 0.3) is 0 Å². The lowest BCUT2D eigenvalue weighted by Crippen LogP contribution is -2.29. The molecule has 0 aliphatic heterocycles. The van der Waals surface area contributed by atoms with Crippen LogP contribution in [0.1, 0.15) is 31.2 Å². The van der Waals surface area contributed by atoms with Crippen LogP contribution < -0.4 is 10.1 Å². The van der Waals surface area contributed by atoms with Crippen LogP contribution in [0.5, 0.6) is 5.75 Å². The molecule has 29 heavy (non-hydrogen) atoms. The highest BCUT2D eigenvalue weighted by atomic mass is 32.1. The number of amides is 1. The molecule has 0 spiro atoms. The molecule has 2 N–H and O–H groups in total. The molecule has 0 aliphatic rings. The van der Waals surface area contributed by atoms with Crippen LogP contribution in [0.4, 0.5) is 0 Å². The monoisotopic (exact) mass is 410 g/mol. The Bertz CT molecular complexity index is 980. The molecule has 0 fully saturated rings. The summed E-state index contributed by atoms with van der Waals surface area (Å²) in [4.78, 5) is 12.4. The molecule has 1 heterocycles. The Morgan fingerprint density at radius 1 is 1.21 bits per heavy atom. The largest absolute Gasteiger partial charge is 0.497 e. The van der Waals surface area contributed by atoms with Crippen LogP contribution in [-0.2, 0) is 11.3 Å². The van der Waals surface area contributed by atoms with Gasteiger partial charge in [0.15, 0.2) is 10.6 Å². The molecule has 0 unspecified atom stereocenters. The van der Waals surface area contributed by atoms with Crippen molar-refractivity contribution in [3.8, 4) is 17.1 Å². The van der Waals surface area contributed by atoms with Gasteiger partial charge in [0.1, 0.15) is 5.75 Å². The molecule has 0 aliphatic carbocycles. The maximum Gasteiger partial charge on any atom is 0.221 e. The lowest BCUT2D eigenvalue weighted by atomic mass is 9.96. The summed E-state index contributed by atoms with van der Waals surface area (Å²) in [5.74, 6) is 1.80. The number of methoxy groups -OCH3 is 1. The highest BCUT2D eigenvalue weighted by molar-refractivity contribution is 7.71. The number of hydrogen-bond acceptors (Lipinski definition) is 4. The molecule has 152 valence electrons. The van der Waals surface area contributed by atoms with Gasteiger partial charge in [-0.05, 0) is 48.5 Å². The minimum Gasteiger partial charge on any atom is -0.497 e. The third-order valence-corrected chi connectivity index (χ3v) is 5.29. The van der Waals surface area contributed by atoms with E-state index in [1.54, 1.807) is 7.11 Å². The summed E-state index contributed by atoms with van der Waals surface area (Å²) in [5, 5.41) is 10.2. The number of H-pyrrole nitrogens is 1. The fraction of sp³-hybridized carbons (Fsp3) is 0.318. The van der Waals surface area contributed by atoms with E-state index in [9.17, 15) is 4.79 Å². The number of nitrogens with one attached hydrogen (secondary N) is 2.